The summed E-state index contributed by atoms with van der Waals surface area (Å²) in [7, 11) is 1.95. The van der Waals surface area contributed by atoms with Crippen molar-refractivity contribution < 1.29 is 0 Å². The van der Waals surface area contributed by atoms with E-state index in [-0.39, 0.29) is 0 Å². The molecule has 15 heavy (non-hydrogen) atoms. The van der Waals surface area contributed by atoms with E-state index >= 15 is 0 Å². The Kier molecular flexibility index (Phi) is 2.83. The van der Waals surface area contributed by atoms with Crippen LogP contribution >= 0.6 is 0 Å². The number of aryl methyl sites for hydroxylation is 1. The van der Waals surface area contributed by atoms with Crippen LogP contribution in [0.25, 0.3) is 17.0 Å². The lowest BCUT2D eigenvalue weighted by atomic mass is 10.1. The van der Waals surface area contributed by atoms with Crippen LogP contribution in [0.4, 0.5) is 0 Å². The van der Waals surface area contributed by atoms with Crippen molar-refractivity contribution in [3.63, 3.8) is 0 Å². The van der Waals surface area contributed by atoms with Crippen molar-refractivity contribution in [1.29, 1.82) is 0 Å². The largest absolute Gasteiger partial charge is 0.330 e. The van der Waals surface area contributed by atoms with Gasteiger partial charge in [-0.3, -0.25) is 4.68 Å². The minimum atomic E-state index is 0.699. The maximum atomic E-state index is 5.43. The first-order valence-electron chi connectivity index (χ1n) is 5.09. The minimum absolute atomic E-state index is 0.699. The first-order valence-corrected chi connectivity index (χ1v) is 5.09. The molecule has 0 aliphatic rings. The molecule has 1 heterocycles. The van der Waals surface area contributed by atoms with Crippen molar-refractivity contribution in [2.75, 3.05) is 6.54 Å². The standard InChI is InChI=1S/C12H15N3/c1-15-12-8-10(4-2-3-7-13)5-6-11(12)9-14-15/h2,4-6,8-9H,3,7,13H2,1H3. The molecule has 0 fully saturated rings. The highest BCUT2D eigenvalue weighted by Crippen LogP contribution is 2.15. The molecule has 0 saturated carbocycles. The Labute approximate surface area is 89.2 Å². The van der Waals surface area contributed by atoms with Crippen LogP contribution < -0.4 is 5.73 Å². The van der Waals surface area contributed by atoms with Crippen LogP contribution in [0, 0.1) is 0 Å². The average molecular weight is 201 g/mol. The highest BCUT2D eigenvalue weighted by atomic mass is 15.2. The zero-order chi connectivity index (χ0) is 10.7. The molecule has 0 atom stereocenters. The molecule has 78 valence electrons. The Bertz CT molecular complexity index is 483. The number of hydrogen-bond acceptors (Lipinski definition) is 2. The van der Waals surface area contributed by atoms with Gasteiger partial charge < -0.3 is 5.73 Å². The van der Waals surface area contributed by atoms with E-state index in [9.17, 15) is 0 Å². The van der Waals surface area contributed by atoms with Crippen LogP contribution in [0.5, 0.6) is 0 Å². The predicted octanol–water partition coefficient (Wildman–Crippen LogP) is 1.94. The molecule has 3 nitrogen and oxygen atoms in total. The van der Waals surface area contributed by atoms with Crippen LogP contribution in [0.15, 0.2) is 30.5 Å². The molecular weight excluding hydrogens is 186 g/mol. The van der Waals surface area contributed by atoms with Crippen LogP contribution in [0.1, 0.15) is 12.0 Å². The van der Waals surface area contributed by atoms with E-state index in [0.717, 1.165) is 11.9 Å². The van der Waals surface area contributed by atoms with Crippen molar-refractivity contribution in [2.45, 2.75) is 6.42 Å². The molecule has 0 unspecified atom stereocenters. The quantitative estimate of drug-likeness (QED) is 0.824. The maximum absolute atomic E-state index is 5.43. The Morgan fingerprint density at radius 1 is 1.47 bits per heavy atom. The second-order valence-electron chi connectivity index (χ2n) is 3.57. The Hall–Kier alpha value is -1.61. The second-order valence-corrected chi connectivity index (χ2v) is 3.57. The fourth-order valence-electron chi connectivity index (χ4n) is 1.58. The van der Waals surface area contributed by atoms with Crippen LogP contribution in [0.3, 0.4) is 0 Å². The van der Waals surface area contributed by atoms with E-state index in [1.807, 2.05) is 17.9 Å². The van der Waals surface area contributed by atoms with E-state index in [1.54, 1.807) is 0 Å². The summed E-state index contributed by atoms with van der Waals surface area (Å²) in [5, 5.41) is 5.38. The number of aromatic nitrogens is 2. The molecule has 0 aliphatic carbocycles. The number of nitrogens with two attached hydrogens (primary N) is 1. The van der Waals surface area contributed by atoms with Gasteiger partial charge in [0.05, 0.1) is 11.7 Å². The number of benzene rings is 1. The molecule has 0 amide bonds. The Balaban J connectivity index is 2.33. The fraction of sp³-hybridized carbons (Fsp3) is 0.250. The van der Waals surface area contributed by atoms with Gasteiger partial charge in [0, 0.05) is 12.4 Å². The van der Waals surface area contributed by atoms with Crippen molar-refractivity contribution in [3.8, 4) is 0 Å². The van der Waals surface area contributed by atoms with Gasteiger partial charge in [-0.05, 0) is 24.6 Å². The van der Waals surface area contributed by atoms with Gasteiger partial charge >= 0.3 is 0 Å². The molecule has 2 N–H and O–H groups in total. The summed E-state index contributed by atoms with van der Waals surface area (Å²) < 4.78 is 1.88. The van der Waals surface area contributed by atoms with Gasteiger partial charge in [-0.15, -0.1) is 0 Å². The molecule has 2 rings (SSSR count). The van der Waals surface area contributed by atoms with E-state index in [4.69, 9.17) is 5.73 Å². The summed E-state index contributed by atoms with van der Waals surface area (Å²) in [6.07, 6.45) is 6.99. The van der Waals surface area contributed by atoms with Gasteiger partial charge in [-0.2, -0.15) is 5.10 Å². The summed E-state index contributed by atoms with van der Waals surface area (Å²) in [5.74, 6) is 0. The summed E-state index contributed by atoms with van der Waals surface area (Å²) in [6, 6.07) is 6.32. The lowest BCUT2D eigenvalue weighted by Gasteiger charge is -1.96. The number of hydrogen-bond donors (Lipinski definition) is 1. The van der Waals surface area contributed by atoms with E-state index in [2.05, 4.69) is 35.4 Å². The lowest BCUT2D eigenvalue weighted by Crippen LogP contribution is -1.95. The van der Waals surface area contributed by atoms with Crippen LogP contribution in [0.2, 0.25) is 0 Å². The molecule has 3 heteroatoms. The van der Waals surface area contributed by atoms with E-state index < -0.39 is 0 Å². The summed E-state index contributed by atoms with van der Waals surface area (Å²) >= 11 is 0. The van der Waals surface area contributed by atoms with Gasteiger partial charge in [0.15, 0.2) is 0 Å². The Morgan fingerprint density at radius 3 is 3.13 bits per heavy atom. The normalized spacial score (nSPS) is 11.6. The maximum Gasteiger partial charge on any atom is 0.0685 e. The highest BCUT2D eigenvalue weighted by Gasteiger charge is 1.98. The Morgan fingerprint density at radius 2 is 2.33 bits per heavy atom. The molecule has 1 aromatic carbocycles. The zero-order valence-electron chi connectivity index (χ0n) is 8.85. The van der Waals surface area contributed by atoms with E-state index in [1.165, 1.54) is 10.9 Å². The van der Waals surface area contributed by atoms with Crippen molar-refractivity contribution in [1.82, 2.24) is 9.78 Å². The molecule has 0 saturated heterocycles. The number of rotatable bonds is 3. The van der Waals surface area contributed by atoms with Gasteiger partial charge in [0.25, 0.3) is 0 Å². The van der Waals surface area contributed by atoms with Crippen LogP contribution in [-0.2, 0) is 7.05 Å². The number of nitrogens with zero attached hydrogens (tertiary/aromatic N) is 2. The highest BCUT2D eigenvalue weighted by molar-refractivity contribution is 5.81. The third-order valence-corrected chi connectivity index (χ3v) is 2.42. The number of fused-ring (bicyclic) bond motifs is 1. The molecule has 0 aliphatic heterocycles. The van der Waals surface area contributed by atoms with Gasteiger partial charge in [-0.1, -0.05) is 24.3 Å². The predicted molar refractivity (Wildman–Crippen MR) is 63.4 cm³/mol. The summed E-state index contributed by atoms with van der Waals surface area (Å²) in [4.78, 5) is 0. The van der Waals surface area contributed by atoms with Crippen LogP contribution in [-0.4, -0.2) is 16.3 Å². The van der Waals surface area contributed by atoms with Gasteiger partial charge in [0.2, 0.25) is 0 Å². The van der Waals surface area contributed by atoms with E-state index in [0.29, 0.717) is 6.54 Å². The molecule has 0 radical (unpaired) electrons. The second kappa shape index (κ2) is 4.28. The van der Waals surface area contributed by atoms with Gasteiger partial charge in [-0.25, -0.2) is 0 Å². The summed E-state index contributed by atoms with van der Waals surface area (Å²) in [6.45, 7) is 0.699. The summed E-state index contributed by atoms with van der Waals surface area (Å²) in [5.41, 5.74) is 7.78. The molecular formula is C12H15N3. The van der Waals surface area contributed by atoms with Crippen molar-refractivity contribution >= 4 is 17.0 Å². The third-order valence-electron chi connectivity index (χ3n) is 2.42. The molecule has 0 spiro atoms. The van der Waals surface area contributed by atoms with Gasteiger partial charge in [0.1, 0.15) is 0 Å². The minimum Gasteiger partial charge on any atom is -0.330 e. The van der Waals surface area contributed by atoms with Crippen molar-refractivity contribution in [2.24, 2.45) is 12.8 Å². The third kappa shape index (κ3) is 2.07. The lowest BCUT2D eigenvalue weighted by molar-refractivity contribution is 0.797. The fourth-order valence-corrected chi connectivity index (χ4v) is 1.58. The topological polar surface area (TPSA) is 43.8 Å². The molecule has 0 bridgehead atoms. The molecule has 1 aromatic heterocycles. The molecule has 2 aromatic rings. The first-order chi connectivity index (χ1) is 7.31. The average Bonchev–Trinajstić information content (AvgIpc) is 2.61. The first kappa shape index (κ1) is 9.93. The monoisotopic (exact) mass is 201 g/mol. The van der Waals surface area contributed by atoms with Crippen molar-refractivity contribution in [3.05, 3.63) is 36.0 Å². The SMILES string of the molecule is Cn1ncc2ccc(C=CCCN)cc21. The smallest absolute Gasteiger partial charge is 0.0685 e. The zero-order valence-corrected chi connectivity index (χ0v) is 8.85.